The van der Waals surface area contributed by atoms with Crippen LogP contribution in [0, 0.1) is 0 Å². The Morgan fingerprint density at radius 3 is 2.61 bits per heavy atom. The van der Waals surface area contributed by atoms with Crippen LogP contribution in [0.25, 0.3) is 10.8 Å². The minimum atomic E-state index is -0.178. The van der Waals surface area contributed by atoms with E-state index in [9.17, 15) is 4.79 Å². The van der Waals surface area contributed by atoms with Gasteiger partial charge in [-0.3, -0.25) is 9.69 Å². The first-order valence-corrected chi connectivity index (χ1v) is 11.3. The third kappa shape index (κ3) is 5.21. The molecule has 1 aromatic heterocycles. The van der Waals surface area contributed by atoms with Crippen molar-refractivity contribution >= 4 is 16.7 Å². The van der Waals surface area contributed by atoms with Crippen LogP contribution < -0.4 is 10.1 Å². The van der Waals surface area contributed by atoms with Gasteiger partial charge in [0, 0.05) is 32.6 Å². The number of para-hydroxylation sites is 1. The van der Waals surface area contributed by atoms with Crippen molar-refractivity contribution in [3.63, 3.8) is 0 Å². The molecule has 7 nitrogen and oxygen atoms in total. The summed E-state index contributed by atoms with van der Waals surface area (Å²) < 4.78 is 7.64. The van der Waals surface area contributed by atoms with Gasteiger partial charge < -0.3 is 14.6 Å². The van der Waals surface area contributed by atoms with E-state index in [0.29, 0.717) is 12.3 Å². The van der Waals surface area contributed by atoms with Gasteiger partial charge in [-0.05, 0) is 34.5 Å². The molecule has 0 saturated heterocycles. The van der Waals surface area contributed by atoms with Crippen LogP contribution in [0.4, 0.5) is 0 Å². The van der Waals surface area contributed by atoms with E-state index >= 15 is 0 Å². The van der Waals surface area contributed by atoms with Crippen LogP contribution in [0.1, 0.15) is 17.2 Å². The van der Waals surface area contributed by atoms with Crippen molar-refractivity contribution in [3.05, 3.63) is 90.0 Å². The summed E-state index contributed by atoms with van der Waals surface area (Å²) in [6, 6.07) is 24.5. The summed E-state index contributed by atoms with van der Waals surface area (Å²) in [7, 11) is 0. The number of rotatable bonds is 7. The van der Waals surface area contributed by atoms with E-state index in [1.807, 2.05) is 30.3 Å². The number of hydrogen-bond acceptors (Lipinski definition) is 5. The normalized spacial score (nSPS) is 13.9. The van der Waals surface area contributed by atoms with Crippen LogP contribution >= 0.6 is 0 Å². The number of nitrogens with one attached hydrogen (secondary N) is 1. The molecule has 33 heavy (non-hydrogen) atoms. The van der Waals surface area contributed by atoms with E-state index in [0.717, 1.165) is 44.2 Å². The van der Waals surface area contributed by atoms with Crippen molar-refractivity contribution in [1.29, 1.82) is 0 Å². The van der Waals surface area contributed by atoms with Crippen LogP contribution in [-0.4, -0.2) is 45.3 Å². The molecule has 1 N–H and O–H groups in total. The Bertz CT molecular complexity index is 1240. The third-order valence-electron chi connectivity index (χ3n) is 5.97. The van der Waals surface area contributed by atoms with Crippen LogP contribution in [0.3, 0.4) is 0 Å². The van der Waals surface area contributed by atoms with E-state index in [4.69, 9.17) is 4.74 Å². The molecule has 0 radical (unpaired) electrons. The fourth-order valence-electron chi connectivity index (χ4n) is 4.21. The molecule has 168 valence electrons. The van der Waals surface area contributed by atoms with Crippen LogP contribution in [-0.2, 0) is 30.8 Å². The number of carbonyl (C=O) groups excluding carboxylic acids is 1. The number of aromatic nitrogens is 3. The number of carbonyl (C=O) groups is 1. The first kappa shape index (κ1) is 21.2. The van der Waals surface area contributed by atoms with Gasteiger partial charge in [0.1, 0.15) is 11.6 Å². The Hall–Kier alpha value is -3.71. The van der Waals surface area contributed by atoms with E-state index in [2.05, 4.69) is 67.4 Å². The predicted molar refractivity (Wildman–Crippen MR) is 127 cm³/mol. The molecule has 0 atom stereocenters. The van der Waals surface area contributed by atoms with Crippen LogP contribution in [0.15, 0.2) is 72.8 Å². The molecular weight excluding hydrogens is 414 g/mol. The van der Waals surface area contributed by atoms with Gasteiger partial charge in [0.05, 0.1) is 6.54 Å². The number of amides is 1. The molecule has 0 unspecified atom stereocenters. The van der Waals surface area contributed by atoms with E-state index in [1.54, 1.807) is 0 Å². The number of hydrogen-bond donors (Lipinski definition) is 1. The highest BCUT2D eigenvalue weighted by atomic mass is 16.5. The minimum Gasteiger partial charge on any atom is -0.484 e. The highest BCUT2D eigenvalue weighted by Crippen LogP contribution is 2.18. The second-order valence-electron chi connectivity index (χ2n) is 8.27. The van der Waals surface area contributed by atoms with Gasteiger partial charge in [0.15, 0.2) is 12.4 Å². The van der Waals surface area contributed by atoms with Crippen LogP contribution in [0.5, 0.6) is 5.75 Å². The van der Waals surface area contributed by atoms with Crippen molar-refractivity contribution in [1.82, 2.24) is 25.0 Å². The second kappa shape index (κ2) is 9.83. The smallest absolute Gasteiger partial charge is 0.258 e. The molecule has 0 bridgehead atoms. The lowest BCUT2D eigenvalue weighted by molar-refractivity contribution is -0.123. The lowest BCUT2D eigenvalue weighted by Gasteiger charge is -2.20. The molecule has 1 amide bonds. The molecule has 0 fully saturated rings. The molecule has 5 rings (SSSR count). The zero-order chi connectivity index (χ0) is 22.5. The Kier molecular flexibility index (Phi) is 6.30. The largest absolute Gasteiger partial charge is 0.484 e. The maximum Gasteiger partial charge on any atom is 0.258 e. The summed E-state index contributed by atoms with van der Waals surface area (Å²) in [5, 5.41) is 14.1. The SMILES string of the molecule is O=C(COc1ccccc1)NCc1nnc2n1CCN(Cc1ccc3ccccc3c1)CC2. The fraction of sp³-hybridized carbons (Fsp3) is 0.269. The summed E-state index contributed by atoms with van der Waals surface area (Å²) in [5.74, 6) is 2.25. The van der Waals surface area contributed by atoms with Gasteiger partial charge >= 0.3 is 0 Å². The zero-order valence-electron chi connectivity index (χ0n) is 18.5. The number of benzene rings is 3. The average molecular weight is 442 g/mol. The lowest BCUT2D eigenvalue weighted by atomic mass is 10.1. The second-order valence-corrected chi connectivity index (χ2v) is 8.27. The lowest BCUT2D eigenvalue weighted by Crippen LogP contribution is -2.30. The van der Waals surface area contributed by atoms with E-state index < -0.39 is 0 Å². The first-order chi connectivity index (χ1) is 16.2. The summed E-state index contributed by atoms with van der Waals surface area (Å²) in [4.78, 5) is 14.6. The van der Waals surface area contributed by atoms with Crippen LogP contribution in [0.2, 0.25) is 0 Å². The van der Waals surface area contributed by atoms with Gasteiger partial charge in [-0.2, -0.15) is 0 Å². The minimum absolute atomic E-state index is 0.0233. The van der Waals surface area contributed by atoms with Gasteiger partial charge in [0.25, 0.3) is 5.91 Å². The highest BCUT2D eigenvalue weighted by molar-refractivity contribution is 5.83. The van der Waals surface area contributed by atoms with Crippen molar-refractivity contribution in [2.24, 2.45) is 0 Å². The molecule has 0 spiro atoms. The monoisotopic (exact) mass is 441 g/mol. The fourth-order valence-corrected chi connectivity index (χ4v) is 4.21. The van der Waals surface area contributed by atoms with Crippen molar-refractivity contribution < 1.29 is 9.53 Å². The van der Waals surface area contributed by atoms with Crippen molar-refractivity contribution in [2.45, 2.75) is 26.1 Å². The van der Waals surface area contributed by atoms with E-state index in [1.165, 1.54) is 16.3 Å². The predicted octanol–water partition coefficient (Wildman–Crippen LogP) is 3.18. The molecule has 1 aliphatic rings. The molecule has 0 saturated carbocycles. The molecule has 2 heterocycles. The number of fused-ring (bicyclic) bond motifs is 2. The molecule has 0 aliphatic carbocycles. The molecule has 1 aliphatic heterocycles. The Morgan fingerprint density at radius 2 is 1.73 bits per heavy atom. The maximum absolute atomic E-state index is 12.2. The average Bonchev–Trinajstić information content (AvgIpc) is 3.14. The van der Waals surface area contributed by atoms with Crippen molar-refractivity contribution in [2.75, 3.05) is 19.7 Å². The third-order valence-corrected chi connectivity index (χ3v) is 5.97. The maximum atomic E-state index is 12.2. The molecule has 7 heteroatoms. The van der Waals surface area contributed by atoms with Gasteiger partial charge in [0.2, 0.25) is 0 Å². The molecule has 4 aromatic rings. The Labute approximate surface area is 193 Å². The summed E-state index contributed by atoms with van der Waals surface area (Å²) >= 11 is 0. The quantitative estimate of drug-likeness (QED) is 0.477. The topological polar surface area (TPSA) is 72.3 Å². The molecular formula is C26H27N5O2. The summed E-state index contributed by atoms with van der Waals surface area (Å²) in [5.41, 5.74) is 1.32. The zero-order valence-corrected chi connectivity index (χ0v) is 18.5. The van der Waals surface area contributed by atoms with E-state index in [-0.39, 0.29) is 12.5 Å². The van der Waals surface area contributed by atoms with Gasteiger partial charge in [-0.15, -0.1) is 10.2 Å². The van der Waals surface area contributed by atoms with Crippen molar-refractivity contribution in [3.8, 4) is 5.75 Å². The Balaban J connectivity index is 1.15. The Morgan fingerprint density at radius 1 is 0.909 bits per heavy atom. The molecule has 3 aromatic carbocycles. The number of nitrogens with zero attached hydrogens (tertiary/aromatic N) is 4. The summed E-state index contributed by atoms with van der Waals surface area (Å²) in [6.07, 6.45) is 0.839. The highest BCUT2D eigenvalue weighted by Gasteiger charge is 2.19. The van der Waals surface area contributed by atoms with Gasteiger partial charge in [-0.1, -0.05) is 54.6 Å². The van der Waals surface area contributed by atoms with Gasteiger partial charge in [-0.25, -0.2) is 0 Å². The first-order valence-electron chi connectivity index (χ1n) is 11.3. The standard InChI is InChI=1S/C26H27N5O2/c32-26(19-33-23-8-2-1-3-9-23)27-17-25-29-28-24-12-13-30(14-15-31(24)25)18-20-10-11-21-6-4-5-7-22(21)16-20/h1-11,16H,12-15,17-19H2,(H,27,32). The number of ether oxygens (including phenoxy) is 1. The summed E-state index contributed by atoms with van der Waals surface area (Å²) in [6.45, 7) is 3.88.